The molecule has 12 heteroatoms. The second-order valence-corrected chi connectivity index (χ2v) is 12.4. The van der Waals surface area contributed by atoms with E-state index in [1.54, 1.807) is 33.7 Å². The monoisotopic (exact) mass is 587 g/mol. The molecule has 0 saturated carbocycles. The van der Waals surface area contributed by atoms with E-state index in [0.29, 0.717) is 70.8 Å². The number of carbonyl (C=O) groups is 2. The normalized spacial score (nSPS) is 12.4. The first kappa shape index (κ1) is 35.2. The van der Waals surface area contributed by atoms with Crippen molar-refractivity contribution in [3.8, 4) is 5.75 Å². The Labute approximate surface area is 240 Å². The highest BCUT2D eigenvalue weighted by Crippen LogP contribution is 2.38. The number of allylic oxidation sites excluding steroid dienone is 1. The van der Waals surface area contributed by atoms with Crippen LogP contribution in [-0.2, 0) is 28.5 Å². The first-order valence-corrected chi connectivity index (χ1v) is 15.2. The van der Waals surface area contributed by atoms with Crippen LogP contribution in [0.5, 0.6) is 5.75 Å². The summed E-state index contributed by atoms with van der Waals surface area (Å²) in [6.07, 6.45) is 3.97. The number of benzene rings is 1. The number of carbonyl (C=O) groups excluding carboxylic acids is 2. The van der Waals surface area contributed by atoms with Crippen LogP contribution in [0, 0.1) is 0 Å². The van der Waals surface area contributed by atoms with E-state index in [1.165, 1.54) is 0 Å². The number of rotatable bonds is 22. The minimum Gasteiger partial charge on any atom is -0.490 e. The molecule has 39 heavy (non-hydrogen) atoms. The fourth-order valence-corrected chi connectivity index (χ4v) is 4.86. The van der Waals surface area contributed by atoms with Gasteiger partial charge in [0.15, 0.2) is 0 Å². The molecule has 1 aromatic carbocycles. The van der Waals surface area contributed by atoms with Crippen LogP contribution in [-0.4, -0.2) is 87.9 Å². The predicted molar refractivity (Wildman–Crippen MR) is 159 cm³/mol. The van der Waals surface area contributed by atoms with Gasteiger partial charge in [-0.25, -0.2) is 0 Å². The zero-order chi connectivity index (χ0) is 28.8. The van der Waals surface area contributed by atoms with Gasteiger partial charge < -0.3 is 40.1 Å². The third-order valence-electron chi connectivity index (χ3n) is 4.43. The van der Waals surface area contributed by atoms with Crippen LogP contribution >= 0.6 is 21.6 Å². The van der Waals surface area contributed by atoms with Crippen LogP contribution in [0.3, 0.4) is 0 Å². The summed E-state index contributed by atoms with van der Waals surface area (Å²) in [5.74, 6) is 0.298. The molecule has 0 bridgehead atoms. The highest BCUT2D eigenvalue weighted by Gasteiger charge is 2.18. The van der Waals surface area contributed by atoms with Crippen molar-refractivity contribution in [2.45, 2.75) is 44.3 Å². The van der Waals surface area contributed by atoms with E-state index < -0.39 is 0 Å². The molecule has 1 unspecified atom stereocenters. The predicted octanol–water partition coefficient (Wildman–Crippen LogP) is 3.62. The van der Waals surface area contributed by atoms with Gasteiger partial charge in [0.2, 0.25) is 11.8 Å². The fourth-order valence-electron chi connectivity index (χ4n) is 2.67. The molecule has 0 radical (unpaired) electrons. The maximum absolute atomic E-state index is 12.2. The quantitative estimate of drug-likeness (QED) is 0.0800. The van der Waals surface area contributed by atoms with E-state index >= 15 is 0 Å². The van der Waals surface area contributed by atoms with Crippen LogP contribution < -0.4 is 21.1 Å². The zero-order valence-electron chi connectivity index (χ0n) is 23.6. The molecule has 1 aromatic rings. The first-order valence-electron chi connectivity index (χ1n) is 13.0. The summed E-state index contributed by atoms with van der Waals surface area (Å²) in [5, 5.41) is 5.60. The van der Waals surface area contributed by atoms with Gasteiger partial charge in [0, 0.05) is 29.6 Å². The van der Waals surface area contributed by atoms with Gasteiger partial charge in [0.25, 0.3) is 0 Å². The van der Waals surface area contributed by atoms with E-state index in [4.69, 9.17) is 29.4 Å². The summed E-state index contributed by atoms with van der Waals surface area (Å²) in [6, 6.07) is 7.22. The van der Waals surface area contributed by atoms with Gasteiger partial charge in [-0.05, 0) is 19.1 Å². The molecule has 0 aliphatic carbocycles. The molecule has 0 saturated heterocycles. The number of amides is 2. The average Bonchev–Trinajstić information content (AvgIpc) is 2.89. The lowest BCUT2D eigenvalue weighted by Gasteiger charge is -2.22. The van der Waals surface area contributed by atoms with Crippen LogP contribution in [0.25, 0.3) is 0 Å². The molecule has 4 N–H and O–H groups in total. The lowest BCUT2D eigenvalue weighted by atomic mass is 10.3. The van der Waals surface area contributed by atoms with Crippen molar-refractivity contribution in [1.82, 2.24) is 5.32 Å². The molecule has 2 amide bonds. The molecular formula is C27H45N3O7S2. The Morgan fingerprint density at radius 1 is 1.03 bits per heavy atom. The summed E-state index contributed by atoms with van der Waals surface area (Å²) >= 11 is 0. The van der Waals surface area contributed by atoms with Crippen LogP contribution in [0.2, 0.25) is 0 Å². The first-order chi connectivity index (χ1) is 18.7. The number of nitrogens with one attached hydrogen (secondary N) is 2. The largest absolute Gasteiger partial charge is 0.490 e. The molecule has 1 atom stereocenters. The number of hydrogen-bond donors (Lipinski definition) is 3. The van der Waals surface area contributed by atoms with Gasteiger partial charge >= 0.3 is 0 Å². The third-order valence-corrected chi connectivity index (χ3v) is 7.95. The van der Waals surface area contributed by atoms with Crippen molar-refractivity contribution < 1.29 is 33.3 Å². The third kappa shape index (κ3) is 20.7. The molecule has 222 valence electrons. The van der Waals surface area contributed by atoms with Crippen molar-refractivity contribution in [3.63, 3.8) is 0 Å². The van der Waals surface area contributed by atoms with Gasteiger partial charge in [-0.3, -0.25) is 9.59 Å². The standard InChI is InChI=1S/C27H45N3O7S2/c1-5-6-12-29-25(32)20-35-17-18-36-26(38-39-27(2,3)4)21-37-23-9-7-8-22(19-23)30-24(31)10-13-33-15-16-34-14-11-28/h5-9,19,26H,10-18,20-21,28H2,1-4H3,(H,29,32)(H,30,31)/b6-5+. The Bertz CT molecular complexity index is 838. The average molecular weight is 588 g/mol. The van der Waals surface area contributed by atoms with Gasteiger partial charge in [0.05, 0.1) is 46.1 Å². The van der Waals surface area contributed by atoms with Crippen molar-refractivity contribution in [3.05, 3.63) is 36.4 Å². The highest BCUT2D eigenvalue weighted by atomic mass is 33.1. The minimum absolute atomic E-state index is 0.0141. The SMILES string of the molecule is C/C=C/CNC(=O)COCCOC(COc1cccc(NC(=O)CCOCCOCCN)c1)SSC(C)(C)C. The maximum Gasteiger partial charge on any atom is 0.246 e. The molecule has 0 aromatic heterocycles. The van der Waals surface area contributed by atoms with E-state index in [1.807, 2.05) is 31.2 Å². The van der Waals surface area contributed by atoms with Gasteiger partial charge in [-0.1, -0.05) is 60.6 Å². The number of nitrogens with two attached hydrogens (primary N) is 1. The maximum atomic E-state index is 12.2. The molecule has 0 heterocycles. The lowest BCUT2D eigenvalue weighted by molar-refractivity contribution is -0.126. The second kappa shape index (κ2) is 22.0. The minimum atomic E-state index is -0.259. The second-order valence-electron chi connectivity index (χ2n) is 9.17. The number of anilines is 1. The van der Waals surface area contributed by atoms with E-state index in [0.717, 1.165) is 0 Å². The Morgan fingerprint density at radius 3 is 2.49 bits per heavy atom. The molecule has 0 aliphatic rings. The Balaban J connectivity index is 2.44. The summed E-state index contributed by atoms with van der Waals surface area (Å²) < 4.78 is 28.0. The van der Waals surface area contributed by atoms with Crippen LogP contribution in [0.4, 0.5) is 5.69 Å². The number of hydrogen-bond acceptors (Lipinski definition) is 10. The smallest absolute Gasteiger partial charge is 0.246 e. The van der Waals surface area contributed by atoms with Crippen molar-refractivity contribution >= 4 is 39.1 Å². The summed E-state index contributed by atoms with van der Waals surface area (Å²) in [6.45, 7) is 11.8. The molecule has 0 spiro atoms. The van der Waals surface area contributed by atoms with Crippen molar-refractivity contribution in [2.75, 3.05) is 71.3 Å². The number of ether oxygens (including phenoxy) is 5. The summed E-state index contributed by atoms with van der Waals surface area (Å²) in [5.41, 5.74) is 5.73. The van der Waals surface area contributed by atoms with Gasteiger partial charge in [0.1, 0.15) is 24.4 Å². The Morgan fingerprint density at radius 2 is 1.77 bits per heavy atom. The Hall–Kier alpha value is -1.80. The van der Waals surface area contributed by atoms with Gasteiger partial charge in [-0.2, -0.15) is 0 Å². The molecular weight excluding hydrogens is 542 g/mol. The zero-order valence-corrected chi connectivity index (χ0v) is 25.2. The van der Waals surface area contributed by atoms with Crippen molar-refractivity contribution in [1.29, 1.82) is 0 Å². The van der Waals surface area contributed by atoms with Gasteiger partial charge in [-0.15, -0.1) is 0 Å². The van der Waals surface area contributed by atoms with Crippen molar-refractivity contribution in [2.24, 2.45) is 5.73 Å². The van der Waals surface area contributed by atoms with Crippen LogP contribution in [0.1, 0.15) is 34.1 Å². The molecule has 1 rings (SSSR count). The van der Waals surface area contributed by atoms with E-state index in [-0.39, 0.29) is 35.0 Å². The fraction of sp³-hybridized carbons (Fsp3) is 0.630. The van der Waals surface area contributed by atoms with Crippen LogP contribution in [0.15, 0.2) is 36.4 Å². The summed E-state index contributed by atoms with van der Waals surface area (Å²) in [4.78, 5) is 24.0. The highest BCUT2D eigenvalue weighted by molar-refractivity contribution is 8.77. The molecule has 0 aliphatic heterocycles. The lowest BCUT2D eigenvalue weighted by Crippen LogP contribution is -2.28. The molecule has 10 nitrogen and oxygen atoms in total. The van der Waals surface area contributed by atoms with E-state index in [2.05, 4.69) is 31.4 Å². The summed E-state index contributed by atoms with van der Waals surface area (Å²) in [7, 11) is 3.29. The molecule has 0 fully saturated rings. The Kier molecular flexibility index (Phi) is 19.8. The van der Waals surface area contributed by atoms with E-state index in [9.17, 15) is 9.59 Å². The topological polar surface area (TPSA) is 130 Å².